The Balaban J connectivity index is 2.33. The third-order valence-corrected chi connectivity index (χ3v) is 4.86. The van der Waals surface area contributed by atoms with Crippen LogP contribution >= 0.6 is 0 Å². The van der Waals surface area contributed by atoms with Crippen molar-refractivity contribution in [3.05, 3.63) is 24.3 Å². The third-order valence-electron chi connectivity index (χ3n) is 4.86. The molecule has 1 aromatic heterocycles. The Morgan fingerprint density at radius 2 is 2.05 bits per heavy atom. The first-order valence-corrected chi connectivity index (χ1v) is 7.77. The van der Waals surface area contributed by atoms with Crippen molar-refractivity contribution in [3.8, 4) is 0 Å². The second-order valence-electron chi connectivity index (χ2n) is 6.30. The van der Waals surface area contributed by atoms with Crippen LogP contribution in [0.2, 0.25) is 0 Å². The standard InChI is InChI=1S/C16H28N4/c1-5-18-15(14-12-17-10-11-19-14)16(20(3)4)8-6-13(2)7-9-16/h10-13,15,18H,5-9H2,1-4H3. The van der Waals surface area contributed by atoms with Crippen molar-refractivity contribution in [2.24, 2.45) is 5.92 Å². The van der Waals surface area contributed by atoms with Crippen LogP contribution in [0.25, 0.3) is 0 Å². The van der Waals surface area contributed by atoms with Gasteiger partial charge < -0.3 is 10.2 Å². The Kier molecular flexibility index (Phi) is 5.11. The van der Waals surface area contributed by atoms with Gasteiger partial charge in [-0.05, 0) is 52.2 Å². The van der Waals surface area contributed by atoms with Crippen molar-refractivity contribution in [2.75, 3.05) is 20.6 Å². The van der Waals surface area contributed by atoms with Crippen LogP contribution in [0.1, 0.15) is 51.3 Å². The summed E-state index contributed by atoms with van der Waals surface area (Å²) >= 11 is 0. The number of hydrogen-bond acceptors (Lipinski definition) is 4. The van der Waals surface area contributed by atoms with E-state index in [4.69, 9.17) is 0 Å². The highest BCUT2D eigenvalue weighted by Crippen LogP contribution is 2.43. The molecule has 1 N–H and O–H groups in total. The van der Waals surface area contributed by atoms with Crippen LogP contribution in [0.15, 0.2) is 18.6 Å². The average Bonchev–Trinajstić information content (AvgIpc) is 2.47. The van der Waals surface area contributed by atoms with E-state index in [1.807, 2.05) is 6.20 Å². The van der Waals surface area contributed by atoms with E-state index in [1.54, 1.807) is 12.4 Å². The number of nitrogens with one attached hydrogen (secondary N) is 1. The van der Waals surface area contributed by atoms with Crippen molar-refractivity contribution >= 4 is 0 Å². The summed E-state index contributed by atoms with van der Waals surface area (Å²) in [6.45, 7) is 5.48. The van der Waals surface area contributed by atoms with Gasteiger partial charge in [0.25, 0.3) is 0 Å². The molecule has 0 aromatic carbocycles. The maximum Gasteiger partial charge on any atom is 0.0775 e. The third kappa shape index (κ3) is 3.01. The van der Waals surface area contributed by atoms with Crippen LogP contribution in [0.3, 0.4) is 0 Å². The van der Waals surface area contributed by atoms with Gasteiger partial charge >= 0.3 is 0 Å². The number of hydrogen-bond donors (Lipinski definition) is 1. The van der Waals surface area contributed by atoms with Crippen molar-refractivity contribution in [1.82, 2.24) is 20.2 Å². The van der Waals surface area contributed by atoms with Crippen LogP contribution in [0.5, 0.6) is 0 Å². The zero-order valence-corrected chi connectivity index (χ0v) is 13.3. The first-order valence-electron chi connectivity index (χ1n) is 7.77. The molecule has 1 fully saturated rings. The number of likely N-dealkylation sites (N-methyl/N-ethyl adjacent to an activating group) is 2. The summed E-state index contributed by atoms with van der Waals surface area (Å²) < 4.78 is 0. The highest BCUT2D eigenvalue weighted by atomic mass is 15.2. The van der Waals surface area contributed by atoms with Crippen molar-refractivity contribution in [1.29, 1.82) is 0 Å². The molecule has 2 rings (SSSR count). The van der Waals surface area contributed by atoms with Gasteiger partial charge in [0.05, 0.1) is 17.9 Å². The van der Waals surface area contributed by atoms with Gasteiger partial charge in [-0.3, -0.25) is 9.97 Å². The molecule has 1 saturated carbocycles. The van der Waals surface area contributed by atoms with E-state index >= 15 is 0 Å². The molecule has 0 bridgehead atoms. The Morgan fingerprint density at radius 3 is 2.55 bits per heavy atom. The second kappa shape index (κ2) is 6.64. The van der Waals surface area contributed by atoms with E-state index in [0.717, 1.165) is 18.2 Å². The summed E-state index contributed by atoms with van der Waals surface area (Å²) in [5.74, 6) is 0.840. The molecule has 4 heteroatoms. The highest BCUT2D eigenvalue weighted by Gasteiger charge is 2.44. The lowest BCUT2D eigenvalue weighted by atomic mass is 9.71. The van der Waals surface area contributed by atoms with Crippen molar-refractivity contribution < 1.29 is 0 Å². The molecule has 112 valence electrons. The van der Waals surface area contributed by atoms with Crippen molar-refractivity contribution in [2.45, 2.75) is 51.1 Å². The lowest BCUT2D eigenvalue weighted by Crippen LogP contribution is -2.55. The summed E-state index contributed by atoms with van der Waals surface area (Å²) in [4.78, 5) is 11.2. The Bertz CT molecular complexity index is 396. The summed E-state index contributed by atoms with van der Waals surface area (Å²) in [6, 6.07) is 0.253. The minimum absolute atomic E-state index is 0.151. The lowest BCUT2D eigenvalue weighted by molar-refractivity contribution is 0.0418. The van der Waals surface area contributed by atoms with Gasteiger partial charge in [0.1, 0.15) is 0 Å². The Morgan fingerprint density at radius 1 is 1.35 bits per heavy atom. The predicted molar refractivity (Wildman–Crippen MR) is 82.5 cm³/mol. The monoisotopic (exact) mass is 276 g/mol. The quantitative estimate of drug-likeness (QED) is 0.897. The summed E-state index contributed by atoms with van der Waals surface area (Å²) in [5, 5.41) is 3.66. The van der Waals surface area contributed by atoms with E-state index in [0.29, 0.717) is 0 Å². The van der Waals surface area contributed by atoms with Gasteiger partial charge in [-0.1, -0.05) is 13.8 Å². The highest BCUT2D eigenvalue weighted by molar-refractivity contribution is 5.14. The Labute approximate surface area is 123 Å². The normalized spacial score (nSPS) is 28.6. The van der Waals surface area contributed by atoms with Gasteiger partial charge in [-0.25, -0.2) is 0 Å². The zero-order valence-electron chi connectivity index (χ0n) is 13.3. The van der Waals surface area contributed by atoms with Crippen LogP contribution in [-0.2, 0) is 0 Å². The Hall–Kier alpha value is -1.00. The minimum atomic E-state index is 0.151. The molecule has 1 aliphatic carbocycles. The SMILES string of the molecule is CCNC(c1cnccn1)C1(N(C)C)CCC(C)CC1. The maximum atomic E-state index is 4.57. The molecule has 1 aromatic rings. The van der Waals surface area contributed by atoms with Crippen LogP contribution in [-0.4, -0.2) is 41.0 Å². The molecule has 1 aliphatic rings. The molecule has 0 spiro atoms. The summed E-state index contributed by atoms with van der Waals surface area (Å²) in [6.07, 6.45) is 10.5. The average molecular weight is 276 g/mol. The fraction of sp³-hybridized carbons (Fsp3) is 0.750. The molecule has 1 unspecified atom stereocenters. The van der Waals surface area contributed by atoms with Gasteiger partial charge in [-0.15, -0.1) is 0 Å². The molecular formula is C16H28N4. The zero-order chi connectivity index (χ0) is 14.6. The van der Waals surface area contributed by atoms with Crippen molar-refractivity contribution in [3.63, 3.8) is 0 Å². The van der Waals surface area contributed by atoms with Gasteiger partial charge in [0.2, 0.25) is 0 Å². The van der Waals surface area contributed by atoms with Gasteiger partial charge in [0.15, 0.2) is 0 Å². The molecule has 0 amide bonds. The fourth-order valence-electron chi connectivity index (χ4n) is 3.49. The minimum Gasteiger partial charge on any atom is -0.307 e. The summed E-state index contributed by atoms with van der Waals surface area (Å²) in [5.41, 5.74) is 1.22. The molecular weight excluding hydrogens is 248 g/mol. The molecule has 1 heterocycles. The van der Waals surface area contributed by atoms with E-state index < -0.39 is 0 Å². The van der Waals surface area contributed by atoms with Crippen LogP contribution in [0, 0.1) is 5.92 Å². The van der Waals surface area contributed by atoms with Crippen LogP contribution < -0.4 is 5.32 Å². The van der Waals surface area contributed by atoms with Gasteiger partial charge in [0, 0.05) is 17.9 Å². The van der Waals surface area contributed by atoms with E-state index in [1.165, 1.54) is 25.7 Å². The van der Waals surface area contributed by atoms with E-state index in [2.05, 4.69) is 48.1 Å². The molecule has 0 radical (unpaired) electrons. The maximum absolute atomic E-state index is 4.57. The topological polar surface area (TPSA) is 41.1 Å². The molecule has 4 nitrogen and oxygen atoms in total. The molecule has 20 heavy (non-hydrogen) atoms. The lowest BCUT2D eigenvalue weighted by Gasteiger charge is -2.49. The first-order chi connectivity index (χ1) is 9.60. The smallest absolute Gasteiger partial charge is 0.0775 e. The van der Waals surface area contributed by atoms with Gasteiger partial charge in [-0.2, -0.15) is 0 Å². The van der Waals surface area contributed by atoms with E-state index in [9.17, 15) is 0 Å². The molecule has 1 atom stereocenters. The predicted octanol–water partition coefficient (Wildman–Crippen LogP) is 2.64. The second-order valence-corrected chi connectivity index (χ2v) is 6.30. The first kappa shape index (κ1) is 15.4. The molecule has 0 saturated heterocycles. The van der Waals surface area contributed by atoms with E-state index in [-0.39, 0.29) is 11.6 Å². The largest absolute Gasteiger partial charge is 0.307 e. The van der Waals surface area contributed by atoms with Crippen LogP contribution in [0.4, 0.5) is 0 Å². The number of nitrogens with zero attached hydrogens (tertiary/aromatic N) is 3. The fourth-order valence-corrected chi connectivity index (χ4v) is 3.49. The molecule has 0 aliphatic heterocycles. The summed E-state index contributed by atoms with van der Waals surface area (Å²) in [7, 11) is 4.41. The number of rotatable bonds is 5. The number of aromatic nitrogens is 2.